The van der Waals surface area contributed by atoms with Gasteiger partial charge in [0.05, 0.1) is 0 Å². The molecule has 0 aromatic heterocycles. The van der Waals surface area contributed by atoms with Crippen LogP contribution >= 0.6 is 0 Å². The molecule has 3 rings (SSSR count). The largest absolute Gasteiger partial charge is 0.328 e. The minimum Gasteiger partial charge on any atom is -0.328 e. The molecular weight excluding hydrogens is 352 g/mol. The Labute approximate surface area is 166 Å². The molecule has 1 heterocycles. The zero-order valence-corrected chi connectivity index (χ0v) is 16.3. The minimum absolute atomic E-state index is 0.0641. The molecule has 1 aliphatic rings. The number of anilines is 2. The van der Waals surface area contributed by atoms with Crippen LogP contribution in [0.3, 0.4) is 0 Å². The van der Waals surface area contributed by atoms with Gasteiger partial charge >= 0.3 is 6.03 Å². The maximum atomic E-state index is 12.9. The summed E-state index contributed by atoms with van der Waals surface area (Å²) in [6.07, 6.45) is 3.06. The molecule has 0 spiro atoms. The zero-order valence-electron chi connectivity index (χ0n) is 16.3. The van der Waals surface area contributed by atoms with E-state index in [1.165, 1.54) is 0 Å². The molecule has 0 aliphatic carbocycles. The first-order valence-corrected chi connectivity index (χ1v) is 9.88. The second kappa shape index (κ2) is 9.37. The molecule has 3 N–H and O–H groups in total. The number of para-hydroxylation sites is 1. The van der Waals surface area contributed by atoms with Crippen molar-refractivity contribution in [1.82, 2.24) is 4.90 Å². The van der Waals surface area contributed by atoms with Crippen LogP contribution in [0.15, 0.2) is 54.6 Å². The van der Waals surface area contributed by atoms with Gasteiger partial charge in [-0.25, -0.2) is 4.79 Å². The van der Waals surface area contributed by atoms with Gasteiger partial charge in [0.25, 0.3) is 5.91 Å². The van der Waals surface area contributed by atoms with Crippen LogP contribution in [-0.2, 0) is 0 Å². The molecule has 28 heavy (non-hydrogen) atoms. The molecule has 148 valence electrons. The summed E-state index contributed by atoms with van der Waals surface area (Å²) in [6, 6.07) is 16.6. The van der Waals surface area contributed by atoms with Gasteiger partial charge in [-0.15, -0.1) is 0 Å². The van der Waals surface area contributed by atoms with Crippen LogP contribution in [0, 0.1) is 0 Å². The number of rotatable bonds is 5. The molecule has 0 radical (unpaired) electrons. The van der Waals surface area contributed by atoms with Gasteiger partial charge in [0.1, 0.15) is 0 Å². The van der Waals surface area contributed by atoms with Gasteiger partial charge < -0.3 is 20.9 Å². The summed E-state index contributed by atoms with van der Waals surface area (Å²) in [5.41, 5.74) is 7.93. The van der Waals surface area contributed by atoms with Gasteiger partial charge in [-0.1, -0.05) is 18.2 Å². The summed E-state index contributed by atoms with van der Waals surface area (Å²) < 4.78 is 0. The maximum Gasteiger partial charge on any atom is 0.322 e. The van der Waals surface area contributed by atoms with E-state index in [9.17, 15) is 9.59 Å². The van der Waals surface area contributed by atoms with Crippen LogP contribution in [0.4, 0.5) is 16.2 Å². The molecule has 1 aliphatic heterocycles. The number of carbonyl (C=O) groups is 2. The van der Waals surface area contributed by atoms with Gasteiger partial charge in [-0.2, -0.15) is 0 Å². The third-order valence-electron chi connectivity index (χ3n) is 5.17. The molecule has 1 fully saturated rings. The van der Waals surface area contributed by atoms with E-state index in [0.29, 0.717) is 24.3 Å². The van der Waals surface area contributed by atoms with Gasteiger partial charge in [0.15, 0.2) is 0 Å². The lowest BCUT2D eigenvalue weighted by Gasteiger charge is -2.34. The van der Waals surface area contributed by atoms with Crippen LogP contribution in [0.1, 0.15) is 36.5 Å². The molecule has 0 unspecified atom stereocenters. The maximum absolute atomic E-state index is 12.9. The summed E-state index contributed by atoms with van der Waals surface area (Å²) >= 11 is 0. The number of urea groups is 1. The number of nitrogens with zero attached hydrogens (tertiary/aromatic N) is 2. The van der Waals surface area contributed by atoms with Crippen molar-refractivity contribution in [3.8, 4) is 0 Å². The fraction of sp³-hybridized carbons (Fsp3) is 0.364. The van der Waals surface area contributed by atoms with Crippen molar-refractivity contribution in [1.29, 1.82) is 0 Å². The van der Waals surface area contributed by atoms with Gasteiger partial charge in [-0.05, 0) is 62.6 Å². The van der Waals surface area contributed by atoms with Crippen LogP contribution in [0.25, 0.3) is 0 Å². The van der Waals surface area contributed by atoms with Crippen LogP contribution in [0.2, 0.25) is 0 Å². The summed E-state index contributed by atoms with van der Waals surface area (Å²) in [4.78, 5) is 29.0. The SMILES string of the molecule is CCN(C(=O)c1ccc(NC(=O)N2CCCC[C@@H]2CN)cc1)c1ccccc1. The molecule has 1 atom stereocenters. The first-order chi connectivity index (χ1) is 13.6. The number of hydrogen-bond donors (Lipinski definition) is 2. The van der Waals surface area contributed by atoms with Crippen molar-refractivity contribution < 1.29 is 9.59 Å². The lowest BCUT2D eigenvalue weighted by molar-refractivity contribution is 0.0988. The molecule has 6 nitrogen and oxygen atoms in total. The first-order valence-electron chi connectivity index (χ1n) is 9.88. The van der Waals surface area contributed by atoms with Crippen molar-refractivity contribution in [2.24, 2.45) is 5.73 Å². The second-order valence-electron chi connectivity index (χ2n) is 6.97. The van der Waals surface area contributed by atoms with Crippen LogP contribution < -0.4 is 16.0 Å². The van der Waals surface area contributed by atoms with Gasteiger partial charge in [0.2, 0.25) is 0 Å². The highest BCUT2D eigenvalue weighted by Crippen LogP contribution is 2.20. The Bertz CT molecular complexity index is 792. The molecule has 0 bridgehead atoms. The van der Waals surface area contributed by atoms with Crippen LogP contribution in [0.5, 0.6) is 0 Å². The van der Waals surface area contributed by atoms with Crippen molar-refractivity contribution in [2.45, 2.75) is 32.2 Å². The number of nitrogens with two attached hydrogens (primary N) is 1. The van der Waals surface area contributed by atoms with Crippen molar-refractivity contribution in [3.63, 3.8) is 0 Å². The highest BCUT2D eigenvalue weighted by atomic mass is 16.2. The van der Waals surface area contributed by atoms with Gasteiger partial charge in [0, 0.05) is 42.6 Å². The molecule has 0 saturated carbocycles. The lowest BCUT2D eigenvalue weighted by Crippen LogP contribution is -2.49. The summed E-state index contributed by atoms with van der Waals surface area (Å²) in [7, 11) is 0. The average molecular weight is 380 g/mol. The number of likely N-dealkylation sites (tertiary alicyclic amines) is 1. The quantitative estimate of drug-likeness (QED) is 0.830. The van der Waals surface area contributed by atoms with E-state index in [-0.39, 0.29) is 18.0 Å². The van der Waals surface area contributed by atoms with Crippen molar-refractivity contribution in [3.05, 3.63) is 60.2 Å². The standard InChI is InChI=1S/C22H28N4O2/c1-2-25(19-8-4-3-5-9-19)21(27)17-11-13-18(14-12-17)24-22(28)26-15-7-6-10-20(26)16-23/h3-5,8-9,11-14,20H,2,6-7,10,15-16,23H2,1H3,(H,24,28)/t20-/m1/s1. The third kappa shape index (κ3) is 4.51. The summed E-state index contributed by atoms with van der Waals surface area (Å²) in [5, 5.41) is 2.92. The first kappa shape index (κ1) is 19.9. The number of piperidine rings is 1. The van der Waals surface area contributed by atoms with Gasteiger partial charge in [-0.3, -0.25) is 4.79 Å². The average Bonchev–Trinajstić information content (AvgIpc) is 2.75. The normalized spacial score (nSPS) is 16.5. The van der Waals surface area contributed by atoms with Crippen molar-refractivity contribution in [2.75, 3.05) is 29.9 Å². The molecule has 2 aromatic carbocycles. The molecule has 2 aromatic rings. The zero-order chi connectivity index (χ0) is 19.9. The second-order valence-corrected chi connectivity index (χ2v) is 6.97. The topological polar surface area (TPSA) is 78.7 Å². The fourth-order valence-corrected chi connectivity index (χ4v) is 3.61. The number of nitrogens with one attached hydrogen (secondary N) is 1. The van der Waals surface area contributed by atoms with E-state index >= 15 is 0 Å². The lowest BCUT2D eigenvalue weighted by atomic mass is 10.0. The predicted octanol–water partition coefficient (Wildman–Crippen LogP) is 3.70. The molecule has 1 saturated heterocycles. The minimum atomic E-state index is -0.131. The Kier molecular flexibility index (Phi) is 6.66. The smallest absolute Gasteiger partial charge is 0.322 e. The fourth-order valence-electron chi connectivity index (χ4n) is 3.61. The molecule has 3 amide bonds. The van der Waals surface area contributed by atoms with E-state index in [2.05, 4.69) is 5.32 Å². The van der Waals surface area contributed by atoms with Crippen LogP contribution in [-0.4, -0.2) is 42.5 Å². The number of benzene rings is 2. The Balaban J connectivity index is 1.67. The summed E-state index contributed by atoms with van der Waals surface area (Å²) in [5.74, 6) is -0.0641. The number of carbonyl (C=O) groups excluding carboxylic acids is 2. The van der Waals surface area contributed by atoms with E-state index in [4.69, 9.17) is 5.73 Å². The van der Waals surface area contributed by atoms with E-state index in [1.54, 1.807) is 29.2 Å². The number of hydrogen-bond acceptors (Lipinski definition) is 3. The Morgan fingerprint density at radius 2 is 1.82 bits per heavy atom. The highest BCUT2D eigenvalue weighted by molar-refractivity contribution is 6.06. The molecule has 6 heteroatoms. The molecular formula is C22H28N4O2. The summed E-state index contributed by atoms with van der Waals surface area (Å²) in [6.45, 7) is 3.74. The predicted molar refractivity (Wildman–Crippen MR) is 113 cm³/mol. The Morgan fingerprint density at radius 1 is 1.11 bits per heavy atom. The number of amides is 3. The third-order valence-corrected chi connectivity index (χ3v) is 5.17. The van der Waals surface area contributed by atoms with Crippen molar-refractivity contribution >= 4 is 23.3 Å². The van der Waals surface area contributed by atoms with E-state index in [0.717, 1.165) is 31.5 Å². The Morgan fingerprint density at radius 3 is 2.46 bits per heavy atom. The Hall–Kier alpha value is -2.86. The monoisotopic (exact) mass is 380 g/mol. The highest BCUT2D eigenvalue weighted by Gasteiger charge is 2.25. The van der Waals surface area contributed by atoms with E-state index < -0.39 is 0 Å². The van der Waals surface area contributed by atoms with E-state index in [1.807, 2.05) is 42.2 Å².